The molecule has 2 aromatic carbocycles. The van der Waals surface area contributed by atoms with Crippen LogP contribution in [0.4, 0.5) is 23.2 Å². The molecule has 0 radical (unpaired) electrons. The van der Waals surface area contributed by atoms with Gasteiger partial charge >= 0.3 is 17.8 Å². The normalized spacial score (nSPS) is 20.2. The Bertz CT molecular complexity index is 1080. The van der Waals surface area contributed by atoms with Crippen molar-refractivity contribution in [2.75, 3.05) is 11.4 Å². The van der Waals surface area contributed by atoms with Gasteiger partial charge in [-0.05, 0) is 37.1 Å². The van der Waals surface area contributed by atoms with E-state index in [1.807, 2.05) is 10.2 Å². The Kier molecular flexibility index (Phi) is 5.44. The average Bonchev–Trinajstić information content (AvgIpc) is 2.88. The molecule has 2 aliphatic rings. The fourth-order valence-electron chi connectivity index (χ4n) is 4.08. The number of rotatable bonds is 4. The number of para-hydroxylation sites is 1. The number of nitrogens with zero attached hydrogens (tertiary/aromatic N) is 1. The van der Waals surface area contributed by atoms with Crippen molar-refractivity contribution in [3.05, 3.63) is 53.1 Å². The Labute approximate surface area is 184 Å². The zero-order chi connectivity index (χ0) is 23.3. The second kappa shape index (κ2) is 7.84. The van der Waals surface area contributed by atoms with Crippen molar-refractivity contribution in [1.29, 1.82) is 0 Å². The monoisotopic (exact) mass is 472 g/mol. The minimum Gasteiger partial charge on any atom is -0.477 e. The lowest BCUT2D eigenvalue weighted by molar-refractivity contribution is -0.222. The number of ether oxygens (including phenoxy) is 1. The second-order valence-electron chi connectivity index (χ2n) is 7.57. The van der Waals surface area contributed by atoms with Crippen molar-refractivity contribution in [2.24, 2.45) is 0 Å². The molecule has 0 spiro atoms. The number of benzene rings is 2. The molecule has 0 saturated carbocycles. The van der Waals surface area contributed by atoms with E-state index in [9.17, 15) is 27.2 Å². The molecule has 170 valence electrons. The van der Waals surface area contributed by atoms with Crippen LogP contribution in [0.25, 0.3) is 0 Å². The fourth-order valence-corrected chi connectivity index (χ4v) is 4.24. The highest BCUT2D eigenvalue weighted by atomic mass is 35.5. The summed E-state index contributed by atoms with van der Waals surface area (Å²) in [6.07, 6.45) is 0.641. The van der Waals surface area contributed by atoms with Crippen molar-refractivity contribution in [1.82, 2.24) is 5.32 Å². The van der Waals surface area contributed by atoms with E-state index in [4.69, 9.17) is 21.4 Å². The first-order valence-electron chi connectivity index (χ1n) is 9.67. The van der Waals surface area contributed by atoms with E-state index in [-0.39, 0.29) is 6.42 Å². The zero-order valence-electron chi connectivity index (χ0n) is 16.3. The van der Waals surface area contributed by atoms with Gasteiger partial charge in [-0.2, -0.15) is 17.6 Å². The Morgan fingerprint density at radius 3 is 2.53 bits per heavy atom. The highest BCUT2D eigenvalue weighted by Crippen LogP contribution is 2.48. The molecule has 0 bridgehead atoms. The first-order valence-corrected chi connectivity index (χ1v) is 10.0. The minimum absolute atomic E-state index is 0.200. The molecule has 32 heavy (non-hydrogen) atoms. The van der Waals surface area contributed by atoms with E-state index in [2.05, 4.69) is 0 Å². The van der Waals surface area contributed by atoms with E-state index in [1.54, 1.807) is 42.5 Å². The molecule has 0 unspecified atom stereocenters. The van der Waals surface area contributed by atoms with Crippen LogP contribution in [0.3, 0.4) is 0 Å². The van der Waals surface area contributed by atoms with Gasteiger partial charge < -0.3 is 20.1 Å². The highest BCUT2D eigenvalue weighted by molar-refractivity contribution is 6.31. The maximum Gasteiger partial charge on any atom is 0.413 e. The zero-order valence-corrected chi connectivity index (χ0v) is 17.1. The van der Waals surface area contributed by atoms with Crippen LogP contribution in [-0.2, 0) is 9.59 Å². The molecular weight excluding hydrogens is 456 g/mol. The molecule has 2 N–H and O–H groups in total. The van der Waals surface area contributed by atoms with Crippen molar-refractivity contribution >= 4 is 29.2 Å². The number of piperidine rings is 1. The van der Waals surface area contributed by atoms with Gasteiger partial charge in [0.05, 0.1) is 17.8 Å². The second-order valence-corrected chi connectivity index (χ2v) is 8.00. The lowest BCUT2D eigenvalue weighted by Gasteiger charge is -2.42. The van der Waals surface area contributed by atoms with Gasteiger partial charge in [-0.3, -0.25) is 4.79 Å². The average molecular weight is 473 g/mol. The van der Waals surface area contributed by atoms with Crippen LogP contribution in [0.5, 0.6) is 11.5 Å². The third kappa shape index (κ3) is 3.52. The number of anilines is 1. The van der Waals surface area contributed by atoms with Crippen LogP contribution < -0.4 is 15.0 Å². The molecule has 1 amide bonds. The molecule has 0 aliphatic carbocycles. The smallest absolute Gasteiger partial charge is 0.413 e. The summed E-state index contributed by atoms with van der Waals surface area (Å²) in [6, 6.07) is 9.91. The molecule has 2 aromatic rings. The maximum absolute atomic E-state index is 14.1. The third-order valence-electron chi connectivity index (χ3n) is 5.58. The number of carbonyl (C=O) groups excluding carboxylic acids is 1. The standard InChI is InChI=1S/C21H17ClF4N2O4/c22-11-7-8-16-14(10-11)28-9-3-5-13(17(28)12-4-1-2-6-15(12)32-16)27-18(29)20(23,24)21(25,26)19(30)31/h1-2,4,6-8,10,13,17H,3,5,9H2,(H,27,29)(H,30,31)/t13-,17-/m1/s1. The number of halogens is 5. The van der Waals surface area contributed by atoms with Crippen LogP contribution in [0.15, 0.2) is 42.5 Å². The molecule has 2 atom stereocenters. The summed E-state index contributed by atoms with van der Waals surface area (Å²) in [7, 11) is 0. The van der Waals surface area contributed by atoms with Gasteiger partial charge in [0.1, 0.15) is 5.75 Å². The number of fused-ring (bicyclic) bond motifs is 5. The number of carbonyl (C=O) groups is 2. The first kappa shape index (κ1) is 22.2. The number of carboxylic acid groups (broad SMARTS) is 1. The van der Waals surface area contributed by atoms with Gasteiger partial charge in [-0.15, -0.1) is 0 Å². The summed E-state index contributed by atoms with van der Waals surface area (Å²) in [4.78, 5) is 24.6. The molecule has 2 heterocycles. The fraction of sp³-hybridized carbons (Fsp3) is 0.333. The number of hydrogen-bond donors (Lipinski definition) is 2. The van der Waals surface area contributed by atoms with E-state index >= 15 is 0 Å². The maximum atomic E-state index is 14.1. The van der Waals surface area contributed by atoms with Crippen LogP contribution in [-0.4, -0.2) is 41.4 Å². The van der Waals surface area contributed by atoms with Gasteiger partial charge in [-0.25, -0.2) is 4.79 Å². The molecule has 1 saturated heterocycles. The van der Waals surface area contributed by atoms with E-state index < -0.39 is 35.8 Å². The van der Waals surface area contributed by atoms with Crippen molar-refractivity contribution in [3.63, 3.8) is 0 Å². The number of amides is 1. The molecular formula is C21H17ClF4N2O4. The summed E-state index contributed by atoms with van der Waals surface area (Å²) in [5, 5.41) is 10.8. The minimum atomic E-state index is -5.56. The summed E-state index contributed by atoms with van der Waals surface area (Å²) in [5.41, 5.74) is 1.11. The van der Waals surface area contributed by atoms with Crippen molar-refractivity contribution in [3.8, 4) is 11.5 Å². The lowest BCUT2D eigenvalue weighted by Crippen LogP contribution is -2.60. The Hall–Kier alpha value is -3.01. The highest BCUT2D eigenvalue weighted by Gasteiger charge is 2.67. The molecule has 6 nitrogen and oxygen atoms in total. The number of alkyl halides is 4. The topological polar surface area (TPSA) is 78.9 Å². The predicted octanol–water partition coefficient (Wildman–Crippen LogP) is 4.63. The quantitative estimate of drug-likeness (QED) is 0.634. The van der Waals surface area contributed by atoms with Gasteiger partial charge in [0.15, 0.2) is 5.75 Å². The summed E-state index contributed by atoms with van der Waals surface area (Å²) in [5.74, 6) is -15.6. The lowest BCUT2D eigenvalue weighted by atomic mass is 9.89. The molecule has 1 fully saturated rings. The van der Waals surface area contributed by atoms with E-state index in [0.29, 0.717) is 40.7 Å². The molecule has 4 rings (SSSR count). The summed E-state index contributed by atoms with van der Waals surface area (Å²) in [6.45, 7) is 0.462. The number of hydrogen-bond acceptors (Lipinski definition) is 4. The SMILES string of the molecule is O=C(O)C(F)(F)C(F)(F)C(=O)N[C@@H]1CCCN2c3cc(Cl)ccc3Oc3ccccc3[C@H]12. The van der Waals surface area contributed by atoms with Crippen LogP contribution in [0.1, 0.15) is 24.4 Å². The summed E-state index contributed by atoms with van der Waals surface area (Å²) >= 11 is 6.14. The van der Waals surface area contributed by atoms with Gasteiger partial charge in [0.2, 0.25) is 0 Å². The van der Waals surface area contributed by atoms with Gasteiger partial charge in [0, 0.05) is 17.1 Å². The van der Waals surface area contributed by atoms with Gasteiger partial charge in [0.25, 0.3) is 5.91 Å². The predicted molar refractivity (Wildman–Crippen MR) is 107 cm³/mol. The molecule has 0 aromatic heterocycles. The van der Waals surface area contributed by atoms with Gasteiger partial charge in [-0.1, -0.05) is 29.8 Å². The molecule has 2 aliphatic heterocycles. The van der Waals surface area contributed by atoms with Crippen molar-refractivity contribution in [2.45, 2.75) is 36.8 Å². The van der Waals surface area contributed by atoms with E-state index in [1.165, 1.54) is 0 Å². The Morgan fingerprint density at radius 2 is 1.81 bits per heavy atom. The molecule has 11 heteroatoms. The first-order chi connectivity index (χ1) is 15.0. The Balaban J connectivity index is 1.75. The summed E-state index contributed by atoms with van der Waals surface area (Å²) < 4.78 is 61.3. The van der Waals surface area contributed by atoms with E-state index in [0.717, 1.165) is 0 Å². The van der Waals surface area contributed by atoms with Crippen molar-refractivity contribution < 1.29 is 37.0 Å². The largest absolute Gasteiger partial charge is 0.477 e. The number of nitrogens with one attached hydrogen (secondary N) is 1. The van der Waals surface area contributed by atoms with Crippen LogP contribution in [0, 0.1) is 0 Å². The third-order valence-corrected chi connectivity index (χ3v) is 5.82. The number of carboxylic acids is 1. The number of aliphatic carboxylic acids is 1. The van der Waals surface area contributed by atoms with Crippen LogP contribution in [0.2, 0.25) is 5.02 Å². The Morgan fingerprint density at radius 1 is 1.09 bits per heavy atom. The van der Waals surface area contributed by atoms with Crippen LogP contribution >= 0.6 is 11.6 Å².